The second-order valence-corrected chi connectivity index (χ2v) is 5.74. The molecular weight excluding hydrogens is 300 g/mol. The summed E-state index contributed by atoms with van der Waals surface area (Å²) in [7, 11) is 1.51. The summed E-state index contributed by atoms with van der Waals surface area (Å²) in [4.78, 5) is 41.5. The summed E-state index contributed by atoms with van der Waals surface area (Å²) < 4.78 is 5.05. The Morgan fingerprint density at radius 1 is 1.43 bits per heavy atom. The minimum atomic E-state index is -0.800. The maximum absolute atomic E-state index is 12.5. The van der Waals surface area contributed by atoms with Crippen LogP contribution in [0.5, 0.6) is 5.75 Å². The van der Waals surface area contributed by atoms with Gasteiger partial charge in [0.15, 0.2) is 0 Å². The van der Waals surface area contributed by atoms with Gasteiger partial charge in [-0.2, -0.15) is 0 Å². The van der Waals surface area contributed by atoms with Crippen LogP contribution in [0.4, 0.5) is 10.6 Å². The van der Waals surface area contributed by atoms with Gasteiger partial charge in [-0.05, 0) is 18.9 Å². The number of rotatable bonds is 4. The first kappa shape index (κ1) is 15.3. The summed E-state index contributed by atoms with van der Waals surface area (Å²) in [5, 5.41) is 5.30. The number of carbonyl (C=O) groups is 3. The zero-order valence-corrected chi connectivity index (χ0v) is 12.8. The van der Waals surface area contributed by atoms with Crippen LogP contribution in [0.1, 0.15) is 25.7 Å². The lowest BCUT2D eigenvalue weighted by Crippen LogP contribution is -2.44. The Hall–Kier alpha value is -2.64. The van der Waals surface area contributed by atoms with Crippen molar-refractivity contribution in [2.75, 3.05) is 19.0 Å². The van der Waals surface area contributed by atoms with Crippen molar-refractivity contribution in [2.24, 2.45) is 0 Å². The summed E-state index contributed by atoms with van der Waals surface area (Å²) in [6.45, 7) is -0.328. The number of hydrogen-bond donors (Lipinski definition) is 2. The van der Waals surface area contributed by atoms with Crippen LogP contribution in [0.25, 0.3) is 0 Å². The predicted octanol–water partition coefficient (Wildman–Crippen LogP) is 0.893. The molecule has 2 heterocycles. The van der Waals surface area contributed by atoms with Crippen LogP contribution in [0, 0.1) is 0 Å². The normalized spacial score (nSPS) is 19.1. The van der Waals surface area contributed by atoms with Crippen LogP contribution in [-0.4, -0.2) is 46.9 Å². The number of nitrogens with zero attached hydrogens (tertiary/aromatic N) is 2. The molecule has 1 saturated carbocycles. The van der Waals surface area contributed by atoms with Crippen molar-refractivity contribution < 1.29 is 19.1 Å². The maximum Gasteiger partial charge on any atom is 0.325 e. The van der Waals surface area contributed by atoms with Crippen LogP contribution in [0.15, 0.2) is 18.3 Å². The highest BCUT2D eigenvalue weighted by Gasteiger charge is 2.52. The van der Waals surface area contributed by atoms with E-state index in [1.165, 1.54) is 13.3 Å². The fourth-order valence-corrected chi connectivity index (χ4v) is 3.07. The Bertz CT molecular complexity index is 655. The smallest absolute Gasteiger partial charge is 0.325 e. The molecule has 8 nitrogen and oxygen atoms in total. The van der Waals surface area contributed by atoms with Crippen molar-refractivity contribution in [3.8, 4) is 5.75 Å². The first-order valence-corrected chi connectivity index (χ1v) is 7.48. The van der Waals surface area contributed by atoms with Gasteiger partial charge in [0.1, 0.15) is 23.7 Å². The summed E-state index contributed by atoms with van der Waals surface area (Å²) >= 11 is 0. The van der Waals surface area contributed by atoms with E-state index >= 15 is 0 Å². The largest absolute Gasteiger partial charge is 0.497 e. The number of ether oxygens (including phenoxy) is 1. The Morgan fingerprint density at radius 3 is 2.87 bits per heavy atom. The molecule has 23 heavy (non-hydrogen) atoms. The van der Waals surface area contributed by atoms with Crippen molar-refractivity contribution in [1.29, 1.82) is 0 Å². The summed E-state index contributed by atoms with van der Waals surface area (Å²) in [5.41, 5.74) is -0.800. The molecule has 1 aliphatic heterocycles. The standard InChI is InChI=1S/C15H18N4O4/c1-23-10-4-7-16-11(8-10)17-12(20)9-19-13(21)15(18-14(19)22)5-2-3-6-15/h4,7-8H,2-3,5-6,9H2,1H3,(H,18,22)(H,16,17,20). The van der Waals surface area contributed by atoms with E-state index in [4.69, 9.17) is 4.74 Å². The Kier molecular flexibility index (Phi) is 3.89. The molecular formula is C15H18N4O4. The first-order chi connectivity index (χ1) is 11.0. The van der Waals surface area contributed by atoms with Gasteiger partial charge in [-0.15, -0.1) is 0 Å². The highest BCUT2D eigenvalue weighted by atomic mass is 16.5. The number of aromatic nitrogens is 1. The molecule has 0 aromatic carbocycles. The number of pyridine rings is 1. The molecule has 0 atom stereocenters. The van der Waals surface area contributed by atoms with Crippen molar-refractivity contribution in [3.63, 3.8) is 0 Å². The zero-order chi connectivity index (χ0) is 16.4. The first-order valence-electron chi connectivity index (χ1n) is 7.48. The molecule has 0 radical (unpaired) electrons. The summed E-state index contributed by atoms with van der Waals surface area (Å²) in [6, 6.07) is 2.70. The van der Waals surface area contributed by atoms with Crippen LogP contribution in [0.3, 0.4) is 0 Å². The monoisotopic (exact) mass is 318 g/mol. The fraction of sp³-hybridized carbons (Fsp3) is 0.467. The molecule has 1 aliphatic carbocycles. The SMILES string of the molecule is COc1ccnc(NC(=O)CN2C(=O)NC3(CCCC3)C2=O)c1. The molecule has 3 rings (SSSR count). The van der Waals surface area contributed by atoms with Crippen LogP contribution >= 0.6 is 0 Å². The van der Waals surface area contributed by atoms with Crippen LogP contribution < -0.4 is 15.4 Å². The molecule has 2 N–H and O–H groups in total. The van der Waals surface area contributed by atoms with Gasteiger partial charge in [-0.3, -0.25) is 14.5 Å². The molecule has 8 heteroatoms. The molecule has 1 saturated heterocycles. The van der Waals surface area contributed by atoms with E-state index in [-0.39, 0.29) is 12.5 Å². The van der Waals surface area contributed by atoms with Gasteiger partial charge >= 0.3 is 6.03 Å². The van der Waals surface area contributed by atoms with Gasteiger partial charge < -0.3 is 15.4 Å². The third-order valence-corrected chi connectivity index (χ3v) is 4.24. The van der Waals surface area contributed by atoms with Gasteiger partial charge in [0.05, 0.1) is 7.11 Å². The Labute approximate surface area is 133 Å². The molecule has 1 aromatic heterocycles. The average Bonchev–Trinajstić information content (AvgIpc) is 3.09. The van der Waals surface area contributed by atoms with Gasteiger partial charge in [-0.25, -0.2) is 9.78 Å². The lowest BCUT2D eigenvalue weighted by Gasteiger charge is -2.19. The number of nitrogens with one attached hydrogen (secondary N) is 2. The number of urea groups is 1. The minimum absolute atomic E-state index is 0.303. The number of methoxy groups -OCH3 is 1. The van der Waals surface area contributed by atoms with Gasteiger partial charge in [0, 0.05) is 12.3 Å². The molecule has 4 amide bonds. The molecule has 1 aromatic rings. The number of amides is 4. The highest BCUT2D eigenvalue weighted by Crippen LogP contribution is 2.34. The quantitative estimate of drug-likeness (QED) is 0.803. The van der Waals surface area contributed by atoms with E-state index in [9.17, 15) is 14.4 Å². The lowest BCUT2D eigenvalue weighted by atomic mass is 9.98. The second-order valence-electron chi connectivity index (χ2n) is 5.74. The van der Waals surface area contributed by atoms with Crippen molar-refractivity contribution >= 4 is 23.7 Å². The summed E-state index contributed by atoms with van der Waals surface area (Å²) in [5.74, 6) is 0.0604. The third-order valence-electron chi connectivity index (χ3n) is 4.24. The minimum Gasteiger partial charge on any atom is -0.497 e. The highest BCUT2D eigenvalue weighted by molar-refractivity contribution is 6.10. The fourth-order valence-electron chi connectivity index (χ4n) is 3.07. The molecule has 0 unspecified atom stereocenters. The van der Waals surface area contributed by atoms with Crippen molar-refractivity contribution in [2.45, 2.75) is 31.2 Å². The van der Waals surface area contributed by atoms with Crippen LogP contribution in [0.2, 0.25) is 0 Å². The van der Waals surface area contributed by atoms with E-state index in [1.807, 2.05) is 0 Å². The van der Waals surface area contributed by atoms with Crippen molar-refractivity contribution in [1.82, 2.24) is 15.2 Å². The molecule has 0 bridgehead atoms. The molecule has 2 fully saturated rings. The van der Waals surface area contributed by atoms with Gasteiger partial charge in [0.25, 0.3) is 5.91 Å². The molecule has 2 aliphatic rings. The number of anilines is 1. The predicted molar refractivity (Wildman–Crippen MR) is 80.9 cm³/mol. The van der Waals surface area contributed by atoms with E-state index < -0.39 is 17.5 Å². The van der Waals surface area contributed by atoms with Gasteiger partial charge in [0.2, 0.25) is 5.91 Å². The van der Waals surface area contributed by atoms with Crippen LogP contribution in [-0.2, 0) is 9.59 Å². The zero-order valence-electron chi connectivity index (χ0n) is 12.8. The molecule has 122 valence electrons. The van der Waals surface area contributed by atoms with E-state index in [2.05, 4.69) is 15.6 Å². The third kappa shape index (κ3) is 2.84. The molecule has 1 spiro atoms. The lowest BCUT2D eigenvalue weighted by molar-refractivity contribution is -0.133. The average molecular weight is 318 g/mol. The van der Waals surface area contributed by atoms with E-state index in [0.717, 1.165) is 17.7 Å². The Balaban J connectivity index is 1.65. The summed E-state index contributed by atoms with van der Waals surface area (Å²) in [6.07, 6.45) is 4.57. The van der Waals surface area contributed by atoms with E-state index in [0.29, 0.717) is 24.4 Å². The maximum atomic E-state index is 12.5. The van der Waals surface area contributed by atoms with E-state index in [1.54, 1.807) is 12.1 Å². The van der Waals surface area contributed by atoms with Gasteiger partial charge in [-0.1, -0.05) is 12.8 Å². The second kappa shape index (κ2) is 5.86. The number of carbonyl (C=O) groups excluding carboxylic acids is 3. The number of hydrogen-bond acceptors (Lipinski definition) is 5. The Morgan fingerprint density at radius 2 is 2.17 bits per heavy atom. The topological polar surface area (TPSA) is 101 Å². The number of imide groups is 1. The van der Waals surface area contributed by atoms with Crippen molar-refractivity contribution in [3.05, 3.63) is 18.3 Å².